The Morgan fingerprint density at radius 1 is 1.18 bits per heavy atom. The summed E-state index contributed by atoms with van der Waals surface area (Å²) in [5.74, 6) is 0. The summed E-state index contributed by atoms with van der Waals surface area (Å²) in [4.78, 5) is 2.47. The third-order valence-electron chi connectivity index (χ3n) is 2.93. The summed E-state index contributed by atoms with van der Waals surface area (Å²) in [6.45, 7) is 9.89. The molecule has 0 amide bonds. The van der Waals surface area contributed by atoms with Gasteiger partial charge in [-0.2, -0.15) is 0 Å². The molecule has 0 fully saturated rings. The van der Waals surface area contributed by atoms with E-state index in [0.29, 0.717) is 6.04 Å². The highest BCUT2D eigenvalue weighted by molar-refractivity contribution is 5.54. The molecule has 0 radical (unpaired) electrons. The summed E-state index contributed by atoms with van der Waals surface area (Å²) in [7, 11) is 0. The van der Waals surface area contributed by atoms with Crippen molar-refractivity contribution >= 4 is 5.69 Å². The van der Waals surface area contributed by atoms with Crippen LogP contribution in [0.5, 0.6) is 0 Å². The first kappa shape index (κ1) is 14.0. The van der Waals surface area contributed by atoms with Gasteiger partial charge >= 0.3 is 0 Å². The van der Waals surface area contributed by atoms with Crippen LogP contribution in [0.1, 0.15) is 39.7 Å². The summed E-state index contributed by atoms with van der Waals surface area (Å²) >= 11 is 0. The molecule has 0 aliphatic carbocycles. The van der Waals surface area contributed by atoms with Gasteiger partial charge in [0.25, 0.3) is 0 Å². The Labute approximate surface area is 106 Å². The quantitative estimate of drug-likeness (QED) is 0.819. The lowest BCUT2D eigenvalue weighted by atomic mass is 10.0. The number of hydrogen-bond donors (Lipinski definition) is 1. The molecule has 0 aromatic heterocycles. The predicted octanol–water partition coefficient (Wildman–Crippen LogP) is 3.20. The lowest BCUT2D eigenvalue weighted by Gasteiger charge is -2.31. The molecule has 1 unspecified atom stereocenters. The fraction of sp³-hybridized carbons (Fsp3) is 0.600. The molecule has 2 N–H and O–H groups in total. The Kier molecular flexibility index (Phi) is 5.49. The largest absolute Gasteiger partial charge is 0.369 e. The van der Waals surface area contributed by atoms with Crippen molar-refractivity contribution < 1.29 is 0 Å². The van der Waals surface area contributed by atoms with Crippen LogP contribution in [-0.4, -0.2) is 18.6 Å². The second kappa shape index (κ2) is 6.65. The van der Waals surface area contributed by atoms with Crippen LogP contribution in [0.25, 0.3) is 0 Å². The van der Waals surface area contributed by atoms with Gasteiger partial charge in [-0.3, -0.25) is 0 Å². The maximum absolute atomic E-state index is 5.93. The number of para-hydroxylation sites is 1. The topological polar surface area (TPSA) is 29.3 Å². The number of rotatable bonds is 6. The molecule has 2 nitrogen and oxygen atoms in total. The van der Waals surface area contributed by atoms with Crippen LogP contribution in [0.4, 0.5) is 5.69 Å². The van der Waals surface area contributed by atoms with Gasteiger partial charge in [-0.25, -0.2) is 0 Å². The first-order chi connectivity index (χ1) is 8.06. The van der Waals surface area contributed by atoms with Gasteiger partial charge in [0.15, 0.2) is 0 Å². The molecule has 1 aromatic rings. The smallest absolute Gasteiger partial charge is 0.0401 e. The number of nitrogens with zero attached hydrogens (tertiary/aromatic N) is 1. The highest BCUT2D eigenvalue weighted by Crippen LogP contribution is 2.23. The average Bonchev–Trinajstić information content (AvgIpc) is 2.26. The molecule has 17 heavy (non-hydrogen) atoms. The van der Waals surface area contributed by atoms with Crippen LogP contribution < -0.4 is 10.6 Å². The van der Waals surface area contributed by atoms with Gasteiger partial charge in [0.05, 0.1) is 0 Å². The minimum atomic E-state index is 0.215. The highest BCUT2D eigenvalue weighted by Gasteiger charge is 2.13. The van der Waals surface area contributed by atoms with E-state index in [2.05, 4.69) is 56.9 Å². The van der Waals surface area contributed by atoms with E-state index in [1.54, 1.807) is 0 Å². The molecular formula is C15H26N2. The van der Waals surface area contributed by atoms with E-state index < -0.39 is 0 Å². The summed E-state index contributed by atoms with van der Waals surface area (Å²) < 4.78 is 0. The van der Waals surface area contributed by atoms with Crippen LogP contribution in [0.3, 0.4) is 0 Å². The Hall–Kier alpha value is -1.02. The van der Waals surface area contributed by atoms with Crippen molar-refractivity contribution in [1.29, 1.82) is 0 Å². The van der Waals surface area contributed by atoms with Gasteiger partial charge < -0.3 is 10.6 Å². The minimum Gasteiger partial charge on any atom is -0.369 e. The molecular weight excluding hydrogens is 208 g/mol. The number of anilines is 1. The van der Waals surface area contributed by atoms with Crippen LogP contribution >= 0.6 is 0 Å². The van der Waals surface area contributed by atoms with E-state index in [0.717, 1.165) is 13.0 Å². The molecule has 0 heterocycles. The van der Waals surface area contributed by atoms with Crippen molar-refractivity contribution in [3.63, 3.8) is 0 Å². The van der Waals surface area contributed by atoms with Gasteiger partial charge in [0.1, 0.15) is 0 Å². The van der Waals surface area contributed by atoms with E-state index in [9.17, 15) is 0 Å². The van der Waals surface area contributed by atoms with Crippen LogP contribution in [0, 0.1) is 0 Å². The molecule has 0 saturated heterocycles. The van der Waals surface area contributed by atoms with E-state index >= 15 is 0 Å². The summed E-state index contributed by atoms with van der Waals surface area (Å²) in [6, 6.07) is 9.38. The Bertz CT molecular complexity index is 331. The van der Waals surface area contributed by atoms with Gasteiger partial charge in [-0.1, -0.05) is 25.1 Å². The molecule has 96 valence electrons. The van der Waals surface area contributed by atoms with E-state index in [1.807, 2.05) is 0 Å². The van der Waals surface area contributed by atoms with Crippen molar-refractivity contribution in [1.82, 2.24) is 0 Å². The third kappa shape index (κ3) is 4.04. The molecule has 0 spiro atoms. The first-order valence-electron chi connectivity index (χ1n) is 6.66. The zero-order valence-corrected chi connectivity index (χ0v) is 11.6. The molecule has 0 aliphatic rings. The molecule has 0 aliphatic heterocycles. The second-order valence-corrected chi connectivity index (χ2v) is 5.10. The van der Waals surface area contributed by atoms with Crippen molar-refractivity contribution in [2.45, 2.75) is 52.6 Å². The Morgan fingerprint density at radius 3 is 2.35 bits per heavy atom. The van der Waals surface area contributed by atoms with E-state index in [4.69, 9.17) is 5.73 Å². The van der Waals surface area contributed by atoms with E-state index in [1.165, 1.54) is 17.7 Å². The molecule has 1 aromatic carbocycles. The lowest BCUT2D eigenvalue weighted by molar-refractivity contribution is 0.661. The fourth-order valence-corrected chi connectivity index (χ4v) is 2.21. The molecule has 2 heteroatoms. The number of benzene rings is 1. The van der Waals surface area contributed by atoms with Gasteiger partial charge in [-0.05, 0) is 45.2 Å². The van der Waals surface area contributed by atoms with Crippen molar-refractivity contribution in [3.8, 4) is 0 Å². The minimum absolute atomic E-state index is 0.215. The van der Waals surface area contributed by atoms with Crippen LogP contribution in [0.15, 0.2) is 24.3 Å². The predicted molar refractivity (Wildman–Crippen MR) is 76.6 cm³/mol. The monoisotopic (exact) mass is 234 g/mol. The number of hydrogen-bond acceptors (Lipinski definition) is 2. The standard InChI is InChI=1S/C15H26N2/c1-5-10-17(12(2)3)15-9-7-6-8-14(15)11-13(4)16/h6-9,12-13H,5,10-11,16H2,1-4H3. The second-order valence-electron chi connectivity index (χ2n) is 5.10. The van der Waals surface area contributed by atoms with Gasteiger partial charge in [-0.15, -0.1) is 0 Å². The zero-order chi connectivity index (χ0) is 12.8. The summed E-state index contributed by atoms with van der Waals surface area (Å²) in [6.07, 6.45) is 2.12. The van der Waals surface area contributed by atoms with Crippen LogP contribution in [-0.2, 0) is 6.42 Å². The third-order valence-corrected chi connectivity index (χ3v) is 2.93. The molecule has 1 atom stereocenters. The van der Waals surface area contributed by atoms with Crippen molar-refractivity contribution in [3.05, 3.63) is 29.8 Å². The first-order valence-corrected chi connectivity index (χ1v) is 6.66. The van der Waals surface area contributed by atoms with Crippen molar-refractivity contribution in [2.75, 3.05) is 11.4 Å². The molecule has 0 bridgehead atoms. The molecule has 1 rings (SSSR count). The van der Waals surface area contributed by atoms with E-state index in [-0.39, 0.29) is 6.04 Å². The van der Waals surface area contributed by atoms with Crippen LogP contribution in [0.2, 0.25) is 0 Å². The Morgan fingerprint density at radius 2 is 1.82 bits per heavy atom. The van der Waals surface area contributed by atoms with Crippen molar-refractivity contribution in [2.24, 2.45) is 5.73 Å². The van der Waals surface area contributed by atoms with Gasteiger partial charge in [0, 0.05) is 24.3 Å². The maximum atomic E-state index is 5.93. The molecule has 0 saturated carbocycles. The number of nitrogens with two attached hydrogens (primary N) is 1. The summed E-state index contributed by atoms with van der Waals surface area (Å²) in [5.41, 5.74) is 8.64. The zero-order valence-electron chi connectivity index (χ0n) is 11.6. The summed E-state index contributed by atoms with van der Waals surface area (Å²) in [5, 5.41) is 0. The fourth-order valence-electron chi connectivity index (χ4n) is 2.21. The normalized spacial score (nSPS) is 12.8. The SMILES string of the molecule is CCCN(c1ccccc1CC(C)N)C(C)C. The lowest BCUT2D eigenvalue weighted by Crippen LogP contribution is -2.33. The van der Waals surface area contributed by atoms with Gasteiger partial charge in [0.2, 0.25) is 0 Å². The highest BCUT2D eigenvalue weighted by atomic mass is 15.1. The Balaban J connectivity index is 3.00. The average molecular weight is 234 g/mol. The maximum Gasteiger partial charge on any atom is 0.0401 e.